The molecule has 2 bridgehead atoms. The highest BCUT2D eigenvalue weighted by atomic mass is 16.5. The zero-order chi connectivity index (χ0) is 19.1. The van der Waals surface area contributed by atoms with E-state index in [0.717, 1.165) is 18.8 Å². The number of hydrogen-bond acceptors (Lipinski definition) is 5. The van der Waals surface area contributed by atoms with Gasteiger partial charge in [-0.1, -0.05) is 24.3 Å². The molecule has 148 valence electrons. The van der Waals surface area contributed by atoms with Crippen LogP contribution in [0.2, 0.25) is 0 Å². The molecule has 6 rings (SSSR count). The molecule has 2 aromatic rings. The molecule has 0 saturated carbocycles. The summed E-state index contributed by atoms with van der Waals surface area (Å²) in [6.45, 7) is 4.11. The van der Waals surface area contributed by atoms with E-state index in [9.17, 15) is 4.79 Å². The summed E-state index contributed by atoms with van der Waals surface area (Å²) < 4.78 is 10.7. The number of rotatable bonds is 4. The molecule has 0 unspecified atom stereocenters. The fraction of sp³-hybridized carbons (Fsp3) is 0.522. The molecule has 5 heteroatoms. The number of methoxy groups -OCH3 is 1. The highest BCUT2D eigenvalue weighted by molar-refractivity contribution is 5.33. The second-order valence-corrected chi connectivity index (χ2v) is 8.59. The Morgan fingerprint density at radius 1 is 1.07 bits per heavy atom. The van der Waals surface area contributed by atoms with Crippen LogP contribution in [-0.2, 0) is 19.4 Å². The van der Waals surface area contributed by atoms with Crippen LogP contribution in [0, 0.1) is 5.92 Å². The molecule has 4 heterocycles. The number of benzene rings is 1. The molecule has 0 spiro atoms. The molecule has 0 N–H and O–H groups in total. The quantitative estimate of drug-likeness (QED) is 0.816. The lowest BCUT2D eigenvalue weighted by molar-refractivity contribution is 0.111. The van der Waals surface area contributed by atoms with Gasteiger partial charge in [0.15, 0.2) is 0 Å². The summed E-state index contributed by atoms with van der Waals surface area (Å²) in [6, 6.07) is 11.7. The van der Waals surface area contributed by atoms with Crippen LogP contribution in [0.4, 0.5) is 0 Å². The lowest BCUT2D eigenvalue weighted by Gasteiger charge is -2.35. The van der Waals surface area contributed by atoms with Gasteiger partial charge < -0.3 is 9.15 Å². The zero-order valence-corrected chi connectivity index (χ0v) is 16.5. The summed E-state index contributed by atoms with van der Waals surface area (Å²) in [5.41, 5.74) is 2.95. The predicted octanol–water partition coefficient (Wildman–Crippen LogP) is 2.71. The molecule has 0 radical (unpaired) electrons. The smallest absolute Gasteiger partial charge is 0.227 e. The van der Waals surface area contributed by atoms with Crippen LogP contribution >= 0.6 is 0 Å². The van der Waals surface area contributed by atoms with Crippen molar-refractivity contribution in [1.82, 2.24) is 9.80 Å². The first-order valence-electron chi connectivity index (χ1n) is 10.4. The summed E-state index contributed by atoms with van der Waals surface area (Å²) in [5, 5.41) is 0. The van der Waals surface area contributed by atoms with Crippen LogP contribution in [0.3, 0.4) is 0 Å². The largest absolute Gasteiger partial charge is 0.490 e. The molecular formula is C23H28N2O3. The number of hydrogen-bond donors (Lipinski definition) is 0. The van der Waals surface area contributed by atoms with Gasteiger partial charge in [-0.05, 0) is 42.7 Å². The molecule has 3 saturated heterocycles. The Morgan fingerprint density at radius 2 is 1.86 bits per heavy atom. The second-order valence-electron chi connectivity index (χ2n) is 8.59. The van der Waals surface area contributed by atoms with Crippen molar-refractivity contribution in [1.29, 1.82) is 0 Å². The first-order chi connectivity index (χ1) is 13.7. The maximum atomic E-state index is 12.1. The third kappa shape index (κ3) is 3.38. The van der Waals surface area contributed by atoms with Crippen LogP contribution in [0.1, 0.15) is 29.7 Å². The predicted molar refractivity (Wildman–Crippen MR) is 108 cm³/mol. The van der Waals surface area contributed by atoms with Gasteiger partial charge >= 0.3 is 0 Å². The van der Waals surface area contributed by atoms with Crippen molar-refractivity contribution in [3.05, 3.63) is 63.7 Å². The molecule has 5 nitrogen and oxygen atoms in total. The summed E-state index contributed by atoms with van der Waals surface area (Å²) in [6.07, 6.45) is 6.35. The van der Waals surface area contributed by atoms with E-state index in [1.54, 1.807) is 6.07 Å². The molecule has 1 aromatic carbocycles. The number of nitrogens with zero attached hydrogens (tertiary/aromatic N) is 2. The second kappa shape index (κ2) is 7.37. The minimum Gasteiger partial charge on any atom is -0.490 e. The van der Waals surface area contributed by atoms with Gasteiger partial charge in [-0.25, -0.2) is 0 Å². The summed E-state index contributed by atoms with van der Waals surface area (Å²) in [4.78, 5) is 17.3. The van der Waals surface area contributed by atoms with Crippen LogP contribution < -0.4 is 10.2 Å². The van der Waals surface area contributed by atoms with E-state index >= 15 is 0 Å². The van der Waals surface area contributed by atoms with E-state index in [4.69, 9.17) is 9.15 Å². The molecule has 1 aromatic heterocycles. The first kappa shape index (κ1) is 18.0. The fourth-order valence-electron chi connectivity index (χ4n) is 5.37. The Kier molecular flexibility index (Phi) is 4.73. The SMILES string of the molecule is COc1coc(CN2C[C@H]3CC[C@@H]2CN(C2Cc4ccccc4C2)C3)cc1=O. The molecule has 4 aliphatic rings. The Balaban J connectivity index is 1.29. The van der Waals surface area contributed by atoms with Gasteiger partial charge in [0.2, 0.25) is 11.2 Å². The van der Waals surface area contributed by atoms with E-state index in [1.165, 1.54) is 56.7 Å². The maximum absolute atomic E-state index is 12.1. The van der Waals surface area contributed by atoms with Gasteiger partial charge in [-0.2, -0.15) is 0 Å². The lowest BCUT2D eigenvalue weighted by atomic mass is 9.95. The normalized spacial score (nSPS) is 25.6. The van der Waals surface area contributed by atoms with Crippen LogP contribution in [0.15, 0.2) is 45.8 Å². The molecule has 28 heavy (non-hydrogen) atoms. The minimum atomic E-state index is -0.103. The van der Waals surface area contributed by atoms with Crippen LogP contribution in [0.5, 0.6) is 5.75 Å². The molecule has 1 aliphatic carbocycles. The average molecular weight is 380 g/mol. The third-order valence-electron chi connectivity index (χ3n) is 6.83. The zero-order valence-electron chi connectivity index (χ0n) is 16.5. The highest BCUT2D eigenvalue weighted by Crippen LogP contribution is 2.33. The summed E-state index contributed by atoms with van der Waals surface area (Å²) in [7, 11) is 1.50. The maximum Gasteiger partial charge on any atom is 0.227 e. The van der Waals surface area contributed by atoms with Crippen molar-refractivity contribution in [2.75, 3.05) is 26.7 Å². The van der Waals surface area contributed by atoms with E-state index in [0.29, 0.717) is 24.5 Å². The van der Waals surface area contributed by atoms with E-state index in [1.807, 2.05) is 0 Å². The first-order valence-corrected chi connectivity index (χ1v) is 10.4. The van der Waals surface area contributed by atoms with Crippen LogP contribution in [0.25, 0.3) is 0 Å². The highest BCUT2D eigenvalue weighted by Gasteiger charge is 2.38. The van der Waals surface area contributed by atoms with E-state index < -0.39 is 0 Å². The molecule has 3 fully saturated rings. The van der Waals surface area contributed by atoms with Crippen molar-refractivity contribution in [2.45, 2.75) is 44.3 Å². The van der Waals surface area contributed by atoms with Crippen molar-refractivity contribution in [3.8, 4) is 5.75 Å². The molecular weight excluding hydrogens is 352 g/mol. The molecule has 2 atom stereocenters. The van der Waals surface area contributed by atoms with Gasteiger partial charge in [-0.15, -0.1) is 0 Å². The standard InChI is InChI=1S/C23H28N2O3/c1-27-23-15-28-21(10-22(23)26)14-25-12-16-6-7-19(25)13-24(11-16)20-8-17-4-2-3-5-18(17)9-20/h2-5,10,15-16,19-20H,6-9,11-14H2,1H3/t16-,19+/m0/s1. The molecule has 0 amide bonds. The average Bonchev–Trinajstić information content (AvgIpc) is 2.93. The summed E-state index contributed by atoms with van der Waals surface area (Å²) in [5.74, 6) is 1.71. The van der Waals surface area contributed by atoms with Gasteiger partial charge in [-0.3, -0.25) is 14.6 Å². The van der Waals surface area contributed by atoms with Crippen molar-refractivity contribution < 1.29 is 9.15 Å². The molecule has 3 aliphatic heterocycles. The Hall–Kier alpha value is -2.11. The van der Waals surface area contributed by atoms with Gasteiger partial charge in [0.25, 0.3) is 0 Å². The topological polar surface area (TPSA) is 45.9 Å². The van der Waals surface area contributed by atoms with Gasteiger partial charge in [0.05, 0.1) is 13.7 Å². The van der Waals surface area contributed by atoms with E-state index in [-0.39, 0.29) is 11.2 Å². The lowest BCUT2D eigenvalue weighted by Crippen LogP contribution is -2.44. The Morgan fingerprint density at radius 3 is 2.57 bits per heavy atom. The monoisotopic (exact) mass is 380 g/mol. The number of fused-ring (bicyclic) bond motifs is 5. The minimum absolute atomic E-state index is 0.103. The fourth-order valence-corrected chi connectivity index (χ4v) is 5.37. The van der Waals surface area contributed by atoms with Crippen molar-refractivity contribution in [2.24, 2.45) is 5.92 Å². The van der Waals surface area contributed by atoms with Gasteiger partial charge in [0, 0.05) is 37.8 Å². The Labute approximate surface area is 165 Å². The van der Waals surface area contributed by atoms with E-state index in [2.05, 4.69) is 34.1 Å². The number of ether oxygens (including phenoxy) is 1. The van der Waals surface area contributed by atoms with Gasteiger partial charge in [0.1, 0.15) is 12.0 Å². The third-order valence-corrected chi connectivity index (χ3v) is 6.83. The van der Waals surface area contributed by atoms with Crippen molar-refractivity contribution >= 4 is 0 Å². The number of piperidine rings is 1. The van der Waals surface area contributed by atoms with Crippen LogP contribution in [-0.4, -0.2) is 48.6 Å². The van der Waals surface area contributed by atoms with Crippen molar-refractivity contribution in [3.63, 3.8) is 0 Å². The Bertz CT molecular complexity index is 884. The summed E-state index contributed by atoms with van der Waals surface area (Å²) >= 11 is 0.